The van der Waals surface area contributed by atoms with Gasteiger partial charge in [0.1, 0.15) is 13.2 Å². The van der Waals surface area contributed by atoms with Crippen molar-refractivity contribution in [2.75, 3.05) is 47.7 Å². The van der Waals surface area contributed by atoms with Crippen LogP contribution in [0.25, 0.3) is 0 Å². The van der Waals surface area contributed by atoms with Gasteiger partial charge >= 0.3 is 17.9 Å². The molecule has 0 bridgehead atoms. The molecule has 0 amide bonds. The predicted octanol–water partition coefficient (Wildman–Crippen LogP) is 2.24. The lowest BCUT2D eigenvalue weighted by Gasteiger charge is -2.18. The number of carbonyl (C=O) groups is 3. The number of hydrogen-bond acceptors (Lipinski definition) is 9. The summed E-state index contributed by atoms with van der Waals surface area (Å²) >= 11 is 4.33. The van der Waals surface area contributed by atoms with E-state index in [1.165, 1.54) is 35.3 Å². The fourth-order valence-corrected chi connectivity index (χ4v) is 2.69. The fourth-order valence-electron chi connectivity index (χ4n) is 1.35. The van der Waals surface area contributed by atoms with Crippen molar-refractivity contribution in [2.45, 2.75) is 26.9 Å². The highest BCUT2D eigenvalue weighted by atomic mass is 32.2. The van der Waals surface area contributed by atoms with Gasteiger partial charge in [0, 0.05) is 0 Å². The van der Waals surface area contributed by atoms with Gasteiger partial charge in [0.15, 0.2) is 6.10 Å². The Balaban J connectivity index is 4.34. The molecule has 0 fully saturated rings. The van der Waals surface area contributed by atoms with Crippen molar-refractivity contribution in [1.82, 2.24) is 0 Å². The van der Waals surface area contributed by atoms with Crippen LogP contribution in [0.5, 0.6) is 0 Å². The Morgan fingerprint density at radius 1 is 0.708 bits per heavy atom. The third-order valence-electron chi connectivity index (χ3n) is 2.43. The molecule has 0 saturated heterocycles. The Bertz CT molecular complexity index is 354. The van der Waals surface area contributed by atoms with Crippen LogP contribution in [0.2, 0.25) is 0 Å². The molecule has 0 radical (unpaired) electrons. The van der Waals surface area contributed by atoms with Gasteiger partial charge in [-0.2, -0.15) is 35.3 Å². The van der Waals surface area contributed by atoms with Crippen LogP contribution in [-0.2, 0) is 28.6 Å². The van der Waals surface area contributed by atoms with E-state index in [1.807, 2.05) is 20.8 Å². The third kappa shape index (κ3) is 13.9. The van der Waals surface area contributed by atoms with Gasteiger partial charge in [-0.05, 0) is 17.3 Å². The highest BCUT2D eigenvalue weighted by molar-refractivity contribution is 8.00. The second-order valence-electron chi connectivity index (χ2n) is 4.39. The minimum atomic E-state index is -0.777. The Labute approximate surface area is 156 Å². The van der Waals surface area contributed by atoms with E-state index in [1.54, 1.807) is 0 Å². The van der Waals surface area contributed by atoms with E-state index in [2.05, 4.69) is 0 Å². The molecule has 0 aromatic carbocycles. The molecule has 24 heavy (non-hydrogen) atoms. The largest absolute Gasteiger partial charge is 0.461 e. The van der Waals surface area contributed by atoms with Crippen LogP contribution in [0.1, 0.15) is 20.8 Å². The fraction of sp³-hybridized carbons (Fsp3) is 0.800. The van der Waals surface area contributed by atoms with Crippen molar-refractivity contribution in [2.24, 2.45) is 0 Å². The summed E-state index contributed by atoms with van der Waals surface area (Å²) in [5.74, 6) is 1.97. The first kappa shape index (κ1) is 23.5. The number of carbonyl (C=O) groups excluding carboxylic acids is 3. The molecule has 0 aliphatic carbocycles. The van der Waals surface area contributed by atoms with Gasteiger partial charge < -0.3 is 14.2 Å². The van der Waals surface area contributed by atoms with Crippen LogP contribution < -0.4 is 0 Å². The minimum Gasteiger partial charge on any atom is -0.461 e. The van der Waals surface area contributed by atoms with E-state index in [-0.39, 0.29) is 42.4 Å². The first-order valence-corrected chi connectivity index (χ1v) is 11.2. The highest BCUT2D eigenvalue weighted by Gasteiger charge is 2.19. The molecule has 0 rings (SSSR count). The normalized spacial score (nSPS) is 10.5. The van der Waals surface area contributed by atoms with Gasteiger partial charge in [0.25, 0.3) is 0 Å². The molecule has 0 atom stereocenters. The summed E-state index contributed by atoms with van der Waals surface area (Å²) in [6.45, 7) is 5.61. The number of esters is 3. The molecular weight excluding hydrogens is 372 g/mol. The molecular formula is C15H26O6S3. The van der Waals surface area contributed by atoms with E-state index in [0.29, 0.717) is 0 Å². The Morgan fingerprint density at radius 2 is 1.08 bits per heavy atom. The number of hydrogen-bond donors (Lipinski definition) is 0. The molecule has 0 aliphatic rings. The average molecular weight is 399 g/mol. The molecule has 0 N–H and O–H groups in total. The van der Waals surface area contributed by atoms with Gasteiger partial charge in [0.05, 0.1) is 17.3 Å². The van der Waals surface area contributed by atoms with E-state index in [0.717, 1.165) is 17.3 Å². The van der Waals surface area contributed by atoms with Crippen molar-refractivity contribution in [3.05, 3.63) is 0 Å². The maximum Gasteiger partial charge on any atom is 0.316 e. The van der Waals surface area contributed by atoms with Gasteiger partial charge in [-0.1, -0.05) is 20.8 Å². The molecule has 6 nitrogen and oxygen atoms in total. The SMILES string of the molecule is CCSCC(=O)OCC(COC(=O)CSCC)OC(=O)CSCC. The lowest BCUT2D eigenvalue weighted by Crippen LogP contribution is -2.32. The number of ether oxygens (including phenoxy) is 3. The minimum absolute atomic E-state index is 0.111. The second-order valence-corrected chi connectivity index (χ2v) is 8.21. The van der Waals surface area contributed by atoms with Gasteiger partial charge in [-0.15, -0.1) is 0 Å². The zero-order valence-electron chi connectivity index (χ0n) is 14.4. The molecule has 0 saturated carbocycles. The smallest absolute Gasteiger partial charge is 0.316 e. The Morgan fingerprint density at radius 3 is 1.46 bits per heavy atom. The Kier molecular flexibility index (Phi) is 15.6. The molecule has 0 aromatic heterocycles. The summed E-state index contributed by atoms with van der Waals surface area (Å²) in [6.07, 6.45) is -0.777. The molecule has 0 aromatic rings. The number of thioether (sulfide) groups is 3. The van der Waals surface area contributed by atoms with Crippen molar-refractivity contribution in [3.8, 4) is 0 Å². The van der Waals surface area contributed by atoms with Gasteiger partial charge in [-0.3, -0.25) is 14.4 Å². The molecule has 140 valence electrons. The molecule has 0 unspecified atom stereocenters. The standard InChI is InChI=1S/C15H26O6S3/c1-4-22-9-13(16)19-7-12(21-15(18)11-24-6-3)8-20-14(17)10-23-5-2/h12H,4-11H2,1-3H3. The first-order chi connectivity index (χ1) is 11.5. The van der Waals surface area contributed by atoms with E-state index in [4.69, 9.17) is 14.2 Å². The van der Waals surface area contributed by atoms with Crippen LogP contribution in [0.15, 0.2) is 0 Å². The summed E-state index contributed by atoms with van der Waals surface area (Å²) in [4.78, 5) is 34.8. The average Bonchev–Trinajstić information content (AvgIpc) is 2.58. The molecule has 0 heterocycles. The number of rotatable bonds is 14. The maximum absolute atomic E-state index is 11.7. The highest BCUT2D eigenvalue weighted by Crippen LogP contribution is 2.06. The van der Waals surface area contributed by atoms with E-state index < -0.39 is 12.1 Å². The van der Waals surface area contributed by atoms with Crippen molar-refractivity contribution < 1.29 is 28.6 Å². The van der Waals surface area contributed by atoms with Crippen LogP contribution in [0.3, 0.4) is 0 Å². The van der Waals surface area contributed by atoms with Crippen LogP contribution in [0.4, 0.5) is 0 Å². The third-order valence-corrected chi connectivity index (χ3v) is 4.97. The molecule has 0 aliphatic heterocycles. The zero-order valence-corrected chi connectivity index (χ0v) is 16.9. The molecule has 9 heteroatoms. The van der Waals surface area contributed by atoms with Crippen molar-refractivity contribution in [1.29, 1.82) is 0 Å². The molecule has 0 spiro atoms. The van der Waals surface area contributed by atoms with E-state index in [9.17, 15) is 14.4 Å². The monoisotopic (exact) mass is 398 g/mol. The second kappa shape index (κ2) is 16.0. The lowest BCUT2D eigenvalue weighted by molar-refractivity contribution is -0.163. The summed E-state index contributed by atoms with van der Waals surface area (Å²) in [6, 6.07) is 0. The Hall–Kier alpha value is -0.540. The van der Waals surface area contributed by atoms with Gasteiger partial charge in [-0.25, -0.2) is 0 Å². The quantitative estimate of drug-likeness (QED) is 0.323. The first-order valence-electron chi connectivity index (χ1n) is 7.77. The van der Waals surface area contributed by atoms with Crippen LogP contribution in [0, 0.1) is 0 Å². The summed E-state index contributed by atoms with van der Waals surface area (Å²) in [7, 11) is 0. The summed E-state index contributed by atoms with van der Waals surface area (Å²) in [5.41, 5.74) is 0. The topological polar surface area (TPSA) is 78.9 Å². The van der Waals surface area contributed by atoms with Crippen LogP contribution in [-0.4, -0.2) is 71.7 Å². The van der Waals surface area contributed by atoms with Gasteiger partial charge in [0.2, 0.25) is 0 Å². The lowest BCUT2D eigenvalue weighted by atomic mass is 10.4. The predicted molar refractivity (Wildman–Crippen MR) is 101 cm³/mol. The zero-order chi connectivity index (χ0) is 18.2. The van der Waals surface area contributed by atoms with Crippen molar-refractivity contribution in [3.63, 3.8) is 0 Å². The van der Waals surface area contributed by atoms with E-state index >= 15 is 0 Å². The maximum atomic E-state index is 11.7. The summed E-state index contributed by atoms with van der Waals surface area (Å²) < 4.78 is 15.4. The summed E-state index contributed by atoms with van der Waals surface area (Å²) in [5, 5.41) is 0. The van der Waals surface area contributed by atoms with Crippen LogP contribution >= 0.6 is 35.3 Å². The van der Waals surface area contributed by atoms with Crippen molar-refractivity contribution >= 4 is 53.2 Å².